The first kappa shape index (κ1) is 22.9. The highest BCUT2D eigenvalue weighted by Gasteiger charge is 2.20. The first-order chi connectivity index (χ1) is 17.4. The lowest BCUT2D eigenvalue weighted by Gasteiger charge is -2.13. The molecule has 3 aromatic heterocycles. The van der Waals surface area contributed by atoms with E-state index in [9.17, 15) is 5.26 Å². The lowest BCUT2D eigenvalue weighted by molar-refractivity contribution is 0.210. The van der Waals surface area contributed by atoms with E-state index in [0.29, 0.717) is 18.2 Å². The van der Waals surface area contributed by atoms with Crippen LogP contribution in [-0.4, -0.2) is 15.7 Å². The predicted molar refractivity (Wildman–Crippen MR) is 145 cm³/mol. The first-order valence-corrected chi connectivity index (χ1v) is 13.4. The Labute approximate surface area is 214 Å². The van der Waals surface area contributed by atoms with Gasteiger partial charge < -0.3 is 13.7 Å². The fourth-order valence-corrected chi connectivity index (χ4v) is 5.99. The highest BCUT2D eigenvalue weighted by atomic mass is 32.1. The fraction of sp³-hybridized carbons (Fsp3) is 0.333. The van der Waals surface area contributed by atoms with Gasteiger partial charge in [0.25, 0.3) is 0 Å². The van der Waals surface area contributed by atoms with Gasteiger partial charge in [-0.1, -0.05) is 26.8 Å². The average Bonchev–Trinajstić information content (AvgIpc) is 3.64. The normalized spacial score (nSPS) is 14.6. The molecule has 6 rings (SSSR count). The van der Waals surface area contributed by atoms with Gasteiger partial charge >= 0.3 is 0 Å². The van der Waals surface area contributed by atoms with Gasteiger partial charge in [-0.3, -0.25) is 0 Å². The van der Waals surface area contributed by atoms with E-state index in [1.807, 2.05) is 24.4 Å². The number of hydrogen-bond donors (Lipinski definition) is 0. The molecule has 0 amide bonds. The summed E-state index contributed by atoms with van der Waals surface area (Å²) in [6, 6.07) is 16.8. The van der Waals surface area contributed by atoms with E-state index in [2.05, 4.69) is 61.1 Å². The summed E-state index contributed by atoms with van der Waals surface area (Å²) in [5.74, 6) is 1.66. The summed E-state index contributed by atoms with van der Waals surface area (Å²) < 4.78 is 14.5. The van der Waals surface area contributed by atoms with Gasteiger partial charge in [0.1, 0.15) is 17.4 Å². The Morgan fingerprint density at radius 1 is 1.14 bits per heavy atom. The van der Waals surface area contributed by atoms with Crippen molar-refractivity contribution in [2.24, 2.45) is 0 Å². The maximum Gasteiger partial charge on any atom is 0.164 e. The van der Waals surface area contributed by atoms with E-state index in [0.717, 1.165) is 62.5 Å². The van der Waals surface area contributed by atoms with E-state index < -0.39 is 0 Å². The van der Waals surface area contributed by atoms with Crippen LogP contribution in [0.25, 0.3) is 32.6 Å². The number of ether oxygens (including phenoxy) is 1. The van der Waals surface area contributed by atoms with Gasteiger partial charge in [-0.15, -0.1) is 11.3 Å². The summed E-state index contributed by atoms with van der Waals surface area (Å²) in [5, 5.41) is 14.8. The van der Waals surface area contributed by atoms with Crippen molar-refractivity contribution in [3.63, 3.8) is 0 Å². The van der Waals surface area contributed by atoms with E-state index in [4.69, 9.17) is 14.1 Å². The summed E-state index contributed by atoms with van der Waals surface area (Å²) in [7, 11) is 0. The van der Waals surface area contributed by atoms with Crippen LogP contribution in [0.3, 0.4) is 0 Å². The molecule has 182 valence electrons. The van der Waals surface area contributed by atoms with Crippen LogP contribution in [0, 0.1) is 11.3 Å². The van der Waals surface area contributed by atoms with Crippen molar-refractivity contribution in [2.75, 3.05) is 0 Å². The number of aromatic nitrogens is 2. The average molecular weight is 496 g/mol. The summed E-state index contributed by atoms with van der Waals surface area (Å²) in [6.07, 6.45) is 6.93. The van der Waals surface area contributed by atoms with Crippen LogP contribution in [0.5, 0.6) is 5.75 Å². The largest absolute Gasteiger partial charge is 0.490 e. The molecule has 3 heterocycles. The molecule has 5 nitrogen and oxygen atoms in total. The second-order valence-corrected chi connectivity index (χ2v) is 11.6. The number of nitriles is 1. The fourth-order valence-electron chi connectivity index (χ4n) is 4.99. The topological polar surface area (TPSA) is 64.0 Å². The van der Waals surface area contributed by atoms with Crippen molar-refractivity contribution in [2.45, 2.75) is 64.5 Å². The van der Waals surface area contributed by atoms with Crippen LogP contribution in [0.15, 0.2) is 58.5 Å². The predicted octanol–water partition coefficient (Wildman–Crippen LogP) is 8.05. The number of rotatable bonds is 5. The molecule has 5 aromatic rings. The van der Waals surface area contributed by atoms with Gasteiger partial charge in [-0.05, 0) is 67.6 Å². The van der Waals surface area contributed by atoms with Crippen LogP contribution in [0.2, 0.25) is 0 Å². The minimum absolute atomic E-state index is 0.0130. The maximum absolute atomic E-state index is 9.77. The Bertz CT molecular complexity index is 1600. The number of nitrogens with zero attached hydrogens (tertiary/aromatic N) is 3. The highest BCUT2D eigenvalue weighted by molar-refractivity contribution is 7.13. The van der Waals surface area contributed by atoms with E-state index >= 15 is 0 Å². The van der Waals surface area contributed by atoms with Crippen molar-refractivity contribution >= 4 is 33.2 Å². The third-order valence-electron chi connectivity index (χ3n) is 6.99. The van der Waals surface area contributed by atoms with Crippen molar-refractivity contribution < 1.29 is 9.15 Å². The summed E-state index contributed by atoms with van der Waals surface area (Å²) >= 11 is 1.62. The third kappa shape index (κ3) is 4.29. The Hall–Kier alpha value is -3.56. The minimum Gasteiger partial charge on any atom is -0.490 e. The first-order valence-electron chi connectivity index (χ1n) is 12.6. The van der Waals surface area contributed by atoms with Gasteiger partial charge in [0.05, 0.1) is 17.4 Å². The van der Waals surface area contributed by atoms with Crippen molar-refractivity contribution in [1.29, 1.82) is 5.26 Å². The smallest absolute Gasteiger partial charge is 0.164 e. The molecule has 36 heavy (non-hydrogen) atoms. The molecule has 0 saturated heterocycles. The van der Waals surface area contributed by atoms with Gasteiger partial charge in [-0.2, -0.15) is 5.26 Å². The summed E-state index contributed by atoms with van der Waals surface area (Å²) in [5.41, 5.74) is 4.80. The zero-order valence-electron chi connectivity index (χ0n) is 20.9. The molecule has 1 aliphatic rings. The molecule has 2 aromatic carbocycles. The standard InChI is InChI=1S/C30H29N3O2S/c1-30(2,3)28-18-36-29(32-28)27-13-20-12-19(8-11-26(20)35-27)16-33-17-21(15-31)24-14-23(9-10-25(24)33)34-22-6-4-5-7-22/h8-14,17-18,22H,4-7,16H2,1-3H3. The van der Waals surface area contributed by atoms with Crippen LogP contribution in [-0.2, 0) is 12.0 Å². The van der Waals surface area contributed by atoms with Crippen LogP contribution >= 0.6 is 11.3 Å². The molecule has 0 atom stereocenters. The highest BCUT2D eigenvalue weighted by Crippen LogP contribution is 2.34. The Morgan fingerprint density at radius 2 is 1.97 bits per heavy atom. The second-order valence-electron chi connectivity index (χ2n) is 10.8. The van der Waals surface area contributed by atoms with Crippen molar-refractivity contribution in [3.05, 3.63) is 70.9 Å². The Balaban J connectivity index is 1.28. The SMILES string of the molecule is CC(C)(C)c1csc(-c2cc3cc(Cn4cc(C#N)c5cc(OC6CCCC6)ccc54)ccc3o2)n1. The van der Waals surface area contributed by atoms with Crippen LogP contribution < -0.4 is 4.74 Å². The molecular weight excluding hydrogens is 466 g/mol. The molecule has 1 fully saturated rings. The van der Waals surface area contributed by atoms with Gasteiger partial charge in [0.2, 0.25) is 0 Å². The molecule has 0 radical (unpaired) electrons. The lowest BCUT2D eigenvalue weighted by atomic mass is 9.93. The second kappa shape index (κ2) is 8.83. The number of furan rings is 1. The molecule has 0 aliphatic heterocycles. The van der Waals surface area contributed by atoms with E-state index in [1.165, 1.54) is 12.8 Å². The molecule has 1 aliphatic carbocycles. The quantitative estimate of drug-likeness (QED) is 0.247. The van der Waals surface area contributed by atoms with Crippen LogP contribution in [0.4, 0.5) is 0 Å². The van der Waals surface area contributed by atoms with Gasteiger partial charge in [0.15, 0.2) is 10.8 Å². The third-order valence-corrected chi connectivity index (χ3v) is 7.85. The Morgan fingerprint density at radius 3 is 2.72 bits per heavy atom. The van der Waals surface area contributed by atoms with Gasteiger partial charge in [0, 0.05) is 39.8 Å². The van der Waals surface area contributed by atoms with Crippen molar-refractivity contribution in [1.82, 2.24) is 9.55 Å². The van der Waals surface area contributed by atoms with E-state index in [1.54, 1.807) is 11.3 Å². The summed E-state index contributed by atoms with van der Waals surface area (Å²) in [4.78, 5) is 4.80. The molecule has 0 bridgehead atoms. The molecule has 0 N–H and O–H groups in total. The lowest BCUT2D eigenvalue weighted by Crippen LogP contribution is -2.11. The molecule has 6 heteroatoms. The molecule has 0 spiro atoms. The number of fused-ring (bicyclic) bond motifs is 2. The molecule has 0 unspecified atom stereocenters. The number of hydrogen-bond acceptors (Lipinski definition) is 5. The zero-order valence-corrected chi connectivity index (χ0v) is 21.7. The van der Waals surface area contributed by atoms with E-state index in [-0.39, 0.29) is 5.41 Å². The number of thiazole rings is 1. The number of benzene rings is 2. The maximum atomic E-state index is 9.77. The summed E-state index contributed by atoms with van der Waals surface area (Å²) in [6.45, 7) is 7.18. The van der Waals surface area contributed by atoms with Gasteiger partial charge in [-0.25, -0.2) is 4.98 Å². The molecule has 1 saturated carbocycles. The molecular formula is C30H29N3O2S. The van der Waals surface area contributed by atoms with Crippen molar-refractivity contribution in [3.8, 4) is 22.6 Å². The zero-order chi connectivity index (χ0) is 24.9. The van der Waals surface area contributed by atoms with Crippen LogP contribution in [0.1, 0.15) is 63.3 Å². The minimum atomic E-state index is 0.0130. The monoisotopic (exact) mass is 495 g/mol. The Kier molecular flexibility index (Phi) is 5.61.